The number of aliphatic hydroxyl groups is 1. The van der Waals surface area contributed by atoms with Crippen LogP contribution in [0.5, 0.6) is 5.75 Å². The van der Waals surface area contributed by atoms with Gasteiger partial charge in [0.05, 0.1) is 35.2 Å². The van der Waals surface area contributed by atoms with Crippen LogP contribution in [0.4, 0.5) is 0 Å². The molecular weight excluding hydrogens is 472 g/mol. The Morgan fingerprint density at radius 3 is 2.31 bits per heavy atom. The molecule has 9 heteroatoms. The molecule has 0 heterocycles. The van der Waals surface area contributed by atoms with Crippen molar-refractivity contribution in [1.82, 2.24) is 0 Å². The smallest absolute Gasteiger partial charge is 0.310 e. The van der Waals surface area contributed by atoms with Gasteiger partial charge in [-0.2, -0.15) is 0 Å². The second-order valence-electron chi connectivity index (χ2n) is 9.27. The number of sulfone groups is 1. The molecule has 188 valence electrons. The fourth-order valence-corrected chi connectivity index (χ4v) is 6.38. The number of phenolic OH excluding ortho intramolecular Hbond substituents is 1. The molecule has 2 aromatic carbocycles. The predicted molar refractivity (Wildman–Crippen MR) is 127 cm³/mol. The Kier molecular flexibility index (Phi) is 7.19. The van der Waals surface area contributed by atoms with E-state index in [0.29, 0.717) is 12.0 Å². The van der Waals surface area contributed by atoms with Crippen LogP contribution in [-0.2, 0) is 28.9 Å². The number of phenols is 1. The number of hydrogen-bond acceptors (Lipinski definition) is 8. The minimum Gasteiger partial charge on any atom is -0.508 e. The normalized spacial score (nSPS) is 25.1. The Labute approximate surface area is 204 Å². The van der Waals surface area contributed by atoms with Gasteiger partial charge >= 0.3 is 11.9 Å². The Balaban J connectivity index is 1.56. The highest BCUT2D eigenvalue weighted by atomic mass is 32.2. The number of ether oxygens (including phenoxy) is 2. The maximum Gasteiger partial charge on any atom is 0.310 e. The van der Waals surface area contributed by atoms with E-state index in [-0.39, 0.29) is 36.0 Å². The van der Waals surface area contributed by atoms with E-state index < -0.39 is 51.6 Å². The molecule has 1 fully saturated rings. The number of benzene rings is 2. The number of fused-ring (bicyclic) bond motifs is 2. The van der Waals surface area contributed by atoms with Crippen LogP contribution in [-0.4, -0.2) is 55.6 Å². The summed E-state index contributed by atoms with van der Waals surface area (Å²) >= 11 is 0. The zero-order valence-corrected chi connectivity index (χ0v) is 20.5. The topological polar surface area (TPSA) is 127 Å². The molecule has 3 aliphatic rings. The van der Waals surface area contributed by atoms with Crippen LogP contribution in [0.15, 0.2) is 47.4 Å². The van der Waals surface area contributed by atoms with Crippen LogP contribution in [0.3, 0.4) is 0 Å². The molecule has 0 saturated heterocycles. The summed E-state index contributed by atoms with van der Waals surface area (Å²) < 4.78 is 36.1. The zero-order valence-electron chi connectivity index (χ0n) is 19.7. The number of carbonyl (C=O) groups is 2. The first kappa shape index (κ1) is 25.2. The van der Waals surface area contributed by atoms with E-state index in [1.165, 1.54) is 24.3 Å². The Hall–Kier alpha value is -2.91. The van der Waals surface area contributed by atoms with Crippen LogP contribution in [0.25, 0.3) is 0 Å². The maximum atomic E-state index is 13.3. The lowest BCUT2D eigenvalue weighted by Crippen LogP contribution is -2.52. The Bertz CT molecular complexity index is 1200. The van der Waals surface area contributed by atoms with E-state index in [2.05, 4.69) is 0 Å². The summed E-state index contributed by atoms with van der Waals surface area (Å²) in [4.78, 5) is 26.5. The molecule has 1 saturated carbocycles. The number of aromatic hydroxyl groups is 1. The Morgan fingerprint density at radius 1 is 0.971 bits per heavy atom. The van der Waals surface area contributed by atoms with Gasteiger partial charge in [0.1, 0.15) is 12.4 Å². The molecule has 2 aromatic rings. The molecule has 35 heavy (non-hydrogen) atoms. The highest BCUT2D eigenvalue weighted by molar-refractivity contribution is 7.91. The molecule has 5 rings (SSSR count). The number of rotatable bonds is 8. The van der Waals surface area contributed by atoms with Crippen molar-refractivity contribution >= 4 is 21.8 Å². The van der Waals surface area contributed by atoms with Gasteiger partial charge in [-0.15, -0.1) is 0 Å². The number of carbonyl (C=O) groups excluding carboxylic acids is 2. The van der Waals surface area contributed by atoms with Crippen molar-refractivity contribution < 1.29 is 37.7 Å². The molecule has 0 amide bonds. The lowest BCUT2D eigenvalue weighted by molar-refractivity contribution is -0.169. The van der Waals surface area contributed by atoms with Gasteiger partial charge in [-0.05, 0) is 55.2 Å². The second-order valence-corrected chi connectivity index (χ2v) is 11.4. The average Bonchev–Trinajstić information content (AvgIpc) is 2.82. The average molecular weight is 503 g/mol. The largest absolute Gasteiger partial charge is 0.508 e. The molecule has 2 bridgehead atoms. The number of hydrogen-bond donors (Lipinski definition) is 2. The highest BCUT2D eigenvalue weighted by Gasteiger charge is 2.57. The van der Waals surface area contributed by atoms with Crippen molar-refractivity contribution in [2.45, 2.75) is 49.5 Å². The first-order valence-electron chi connectivity index (χ1n) is 11.8. The summed E-state index contributed by atoms with van der Waals surface area (Å²) in [5.41, 5.74) is 2.32. The third-order valence-electron chi connectivity index (χ3n) is 6.92. The molecule has 8 nitrogen and oxygen atoms in total. The van der Waals surface area contributed by atoms with Gasteiger partial charge in [0, 0.05) is 11.8 Å². The van der Waals surface area contributed by atoms with Crippen molar-refractivity contribution in [3.63, 3.8) is 0 Å². The molecule has 0 spiro atoms. The van der Waals surface area contributed by atoms with Gasteiger partial charge < -0.3 is 19.7 Å². The van der Waals surface area contributed by atoms with E-state index in [9.17, 15) is 28.2 Å². The van der Waals surface area contributed by atoms with E-state index >= 15 is 0 Å². The van der Waals surface area contributed by atoms with E-state index in [4.69, 9.17) is 9.47 Å². The van der Waals surface area contributed by atoms with Crippen molar-refractivity contribution in [3.8, 4) is 5.75 Å². The van der Waals surface area contributed by atoms with Crippen LogP contribution < -0.4 is 0 Å². The molecule has 5 atom stereocenters. The summed E-state index contributed by atoms with van der Waals surface area (Å²) in [6.45, 7) is 3.52. The molecule has 0 aromatic heterocycles. The van der Waals surface area contributed by atoms with Crippen LogP contribution >= 0.6 is 0 Å². The summed E-state index contributed by atoms with van der Waals surface area (Å²) in [5.74, 6) is -4.86. The first-order chi connectivity index (χ1) is 16.6. The summed E-state index contributed by atoms with van der Waals surface area (Å²) in [6.07, 6.45) is -0.0423. The third-order valence-corrected chi connectivity index (χ3v) is 8.61. The van der Waals surface area contributed by atoms with Crippen LogP contribution in [0.1, 0.15) is 48.3 Å². The van der Waals surface area contributed by atoms with Gasteiger partial charge in [-0.3, -0.25) is 9.59 Å². The minimum absolute atomic E-state index is 0.00427. The first-order valence-corrected chi connectivity index (χ1v) is 13.4. The molecule has 3 unspecified atom stereocenters. The minimum atomic E-state index is -3.65. The van der Waals surface area contributed by atoms with E-state index in [1.807, 2.05) is 13.8 Å². The van der Waals surface area contributed by atoms with Crippen molar-refractivity contribution in [2.24, 2.45) is 11.8 Å². The van der Waals surface area contributed by atoms with Gasteiger partial charge in [-0.25, -0.2) is 8.42 Å². The molecule has 0 aliphatic heterocycles. The molecule has 2 N–H and O–H groups in total. The van der Waals surface area contributed by atoms with E-state index in [0.717, 1.165) is 11.1 Å². The van der Waals surface area contributed by atoms with E-state index in [1.54, 1.807) is 18.2 Å². The van der Waals surface area contributed by atoms with Crippen molar-refractivity contribution in [1.29, 1.82) is 0 Å². The van der Waals surface area contributed by atoms with Gasteiger partial charge in [0.15, 0.2) is 9.84 Å². The quantitative estimate of drug-likeness (QED) is 0.528. The van der Waals surface area contributed by atoms with Crippen molar-refractivity contribution in [2.75, 3.05) is 19.0 Å². The maximum absolute atomic E-state index is 13.3. The SMILES string of the molecule is CCCOC(=O)[C@@H]1C2c3cc(O)ccc3C(CC2O)[C@H]1C(=O)OCCS(=O)(=O)c1ccc(C)cc1. The predicted octanol–water partition coefficient (Wildman–Crippen LogP) is 2.85. The molecule has 3 aliphatic carbocycles. The standard InChI is InChI=1S/C26H30O8S/c1-3-10-33-26(30)24-22-19-13-16(27)6-9-18(19)20(14-21(22)28)23(24)25(29)34-11-12-35(31,32)17-7-4-15(2)5-8-17/h4-9,13,20-24,27-28H,3,10-12,14H2,1-2H3/t20?,21?,22?,23-,24-/m1/s1. The second kappa shape index (κ2) is 9.99. The van der Waals surface area contributed by atoms with Gasteiger partial charge in [0.2, 0.25) is 0 Å². The third kappa shape index (κ3) is 4.92. The lowest BCUT2D eigenvalue weighted by Gasteiger charge is -2.49. The van der Waals surface area contributed by atoms with Gasteiger partial charge in [-0.1, -0.05) is 30.7 Å². The number of aryl methyl sites for hydroxylation is 1. The van der Waals surface area contributed by atoms with Gasteiger partial charge in [0.25, 0.3) is 0 Å². The molecular formula is C26H30O8S. The fraction of sp³-hybridized carbons (Fsp3) is 0.462. The zero-order chi connectivity index (χ0) is 25.3. The van der Waals surface area contributed by atoms with Crippen LogP contribution in [0, 0.1) is 18.8 Å². The fourth-order valence-electron chi connectivity index (χ4n) is 5.29. The monoisotopic (exact) mass is 502 g/mol. The summed E-state index contributed by atoms with van der Waals surface area (Å²) in [5, 5.41) is 20.8. The van der Waals surface area contributed by atoms with Crippen molar-refractivity contribution in [3.05, 3.63) is 59.2 Å². The lowest BCUT2D eigenvalue weighted by atomic mass is 9.55. The Morgan fingerprint density at radius 2 is 1.63 bits per heavy atom. The molecule has 0 radical (unpaired) electrons. The number of esters is 2. The summed E-state index contributed by atoms with van der Waals surface area (Å²) in [6, 6.07) is 11.2. The summed E-state index contributed by atoms with van der Waals surface area (Å²) in [7, 11) is -3.65. The number of aliphatic hydroxyl groups excluding tert-OH is 1. The highest BCUT2D eigenvalue weighted by Crippen LogP contribution is 2.56. The van der Waals surface area contributed by atoms with Crippen LogP contribution in [0.2, 0.25) is 0 Å².